The van der Waals surface area contributed by atoms with E-state index in [1.54, 1.807) is 14.2 Å². The minimum atomic E-state index is 0.178. The van der Waals surface area contributed by atoms with Gasteiger partial charge in [0.15, 0.2) is 11.5 Å². The number of hydrogen-bond donors (Lipinski definition) is 0. The Bertz CT molecular complexity index is 328. The number of halogens is 1. The highest BCUT2D eigenvalue weighted by Crippen LogP contribution is 2.33. The van der Waals surface area contributed by atoms with E-state index >= 15 is 0 Å². The molecule has 3 nitrogen and oxygen atoms in total. The second-order valence-electron chi connectivity index (χ2n) is 3.41. The van der Waals surface area contributed by atoms with Gasteiger partial charge in [0.05, 0.1) is 19.2 Å². The molecule has 1 atom stereocenters. The van der Waals surface area contributed by atoms with Crippen LogP contribution in [0.25, 0.3) is 0 Å². The summed E-state index contributed by atoms with van der Waals surface area (Å²) in [7, 11) is 7.29. The molecule has 0 aliphatic carbocycles. The second kappa shape index (κ2) is 5.37. The fourth-order valence-corrected chi connectivity index (χ4v) is 1.58. The average molecular weight is 274 g/mol. The van der Waals surface area contributed by atoms with Crippen LogP contribution in [0.2, 0.25) is 0 Å². The Morgan fingerprint density at radius 2 is 1.73 bits per heavy atom. The lowest BCUT2D eigenvalue weighted by Crippen LogP contribution is -2.14. The summed E-state index contributed by atoms with van der Waals surface area (Å²) in [5, 5.41) is 0. The molecule has 84 valence electrons. The maximum absolute atomic E-state index is 5.24. The highest BCUT2D eigenvalue weighted by atomic mass is 79.9. The molecule has 0 fully saturated rings. The average Bonchev–Trinajstić information content (AvgIpc) is 2.26. The third-order valence-electron chi connectivity index (χ3n) is 2.14. The van der Waals surface area contributed by atoms with Gasteiger partial charge in [-0.05, 0) is 31.8 Å². The molecule has 0 bridgehead atoms. The number of methoxy groups -OCH3 is 2. The van der Waals surface area contributed by atoms with E-state index in [0.29, 0.717) is 0 Å². The molecular weight excluding hydrogens is 258 g/mol. The molecule has 1 aromatic rings. The maximum Gasteiger partial charge on any atom is 0.161 e. The Morgan fingerprint density at radius 3 is 2.20 bits per heavy atom. The van der Waals surface area contributed by atoms with Crippen molar-refractivity contribution in [1.82, 2.24) is 4.90 Å². The van der Waals surface area contributed by atoms with Crippen molar-refractivity contribution < 1.29 is 9.47 Å². The van der Waals surface area contributed by atoms with E-state index in [4.69, 9.17) is 9.47 Å². The van der Waals surface area contributed by atoms with Gasteiger partial charge < -0.3 is 9.47 Å². The lowest BCUT2D eigenvalue weighted by atomic mass is 10.2. The van der Waals surface area contributed by atoms with Crippen molar-refractivity contribution in [2.45, 2.75) is 4.95 Å². The van der Waals surface area contributed by atoms with Gasteiger partial charge in [-0.25, -0.2) is 0 Å². The van der Waals surface area contributed by atoms with Crippen molar-refractivity contribution >= 4 is 15.9 Å². The lowest BCUT2D eigenvalue weighted by molar-refractivity contribution is 0.352. The summed E-state index contributed by atoms with van der Waals surface area (Å²) in [6, 6.07) is 5.89. The van der Waals surface area contributed by atoms with Gasteiger partial charge in [-0.15, -0.1) is 0 Å². The number of hydrogen-bond acceptors (Lipinski definition) is 3. The predicted octanol–water partition coefficient (Wildman–Crippen LogP) is 2.66. The Labute approximate surface area is 99.1 Å². The topological polar surface area (TPSA) is 21.7 Å². The highest BCUT2D eigenvalue weighted by molar-refractivity contribution is 9.09. The van der Waals surface area contributed by atoms with Crippen LogP contribution in [-0.4, -0.2) is 33.2 Å². The molecule has 0 aliphatic heterocycles. The zero-order valence-electron chi connectivity index (χ0n) is 9.45. The zero-order valence-corrected chi connectivity index (χ0v) is 11.0. The summed E-state index contributed by atoms with van der Waals surface area (Å²) >= 11 is 3.59. The molecule has 1 unspecified atom stereocenters. The largest absolute Gasteiger partial charge is 0.493 e. The van der Waals surface area contributed by atoms with Crippen LogP contribution in [0.3, 0.4) is 0 Å². The van der Waals surface area contributed by atoms with Crippen LogP contribution >= 0.6 is 15.9 Å². The molecular formula is C11H16BrNO2. The molecule has 15 heavy (non-hydrogen) atoms. The van der Waals surface area contributed by atoms with Crippen LogP contribution in [-0.2, 0) is 0 Å². The van der Waals surface area contributed by atoms with E-state index in [1.165, 1.54) is 0 Å². The quantitative estimate of drug-likeness (QED) is 0.622. The van der Waals surface area contributed by atoms with Gasteiger partial charge in [-0.3, -0.25) is 4.90 Å². The van der Waals surface area contributed by atoms with Gasteiger partial charge in [-0.1, -0.05) is 22.0 Å². The van der Waals surface area contributed by atoms with Crippen molar-refractivity contribution in [3.05, 3.63) is 23.8 Å². The number of benzene rings is 1. The second-order valence-corrected chi connectivity index (χ2v) is 4.28. The SMILES string of the molecule is COc1ccc(C(Br)N(C)C)cc1OC. The van der Waals surface area contributed by atoms with Crippen LogP contribution in [0.1, 0.15) is 10.5 Å². The van der Waals surface area contributed by atoms with E-state index in [2.05, 4.69) is 20.8 Å². The van der Waals surface area contributed by atoms with Gasteiger partial charge >= 0.3 is 0 Å². The molecule has 0 saturated heterocycles. The van der Waals surface area contributed by atoms with Crippen molar-refractivity contribution in [3.8, 4) is 11.5 Å². The lowest BCUT2D eigenvalue weighted by Gasteiger charge is -2.19. The fraction of sp³-hybridized carbons (Fsp3) is 0.455. The van der Waals surface area contributed by atoms with Crippen molar-refractivity contribution in [2.75, 3.05) is 28.3 Å². The molecule has 0 spiro atoms. The Balaban J connectivity index is 3.02. The minimum absolute atomic E-state index is 0.178. The van der Waals surface area contributed by atoms with Crippen molar-refractivity contribution in [3.63, 3.8) is 0 Å². The van der Waals surface area contributed by atoms with Crippen molar-refractivity contribution in [2.24, 2.45) is 0 Å². The third-order valence-corrected chi connectivity index (χ3v) is 3.48. The third kappa shape index (κ3) is 2.86. The first-order valence-corrected chi connectivity index (χ1v) is 5.54. The summed E-state index contributed by atoms with van der Waals surface area (Å²) in [6.45, 7) is 0. The van der Waals surface area contributed by atoms with E-state index in [-0.39, 0.29) is 4.95 Å². The Morgan fingerprint density at radius 1 is 1.13 bits per heavy atom. The fourth-order valence-electron chi connectivity index (χ4n) is 1.30. The monoisotopic (exact) mass is 273 g/mol. The summed E-state index contributed by atoms with van der Waals surface area (Å²) in [4.78, 5) is 2.25. The normalized spacial score (nSPS) is 12.7. The van der Waals surface area contributed by atoms with E-state index in [9.17, 15) is 0 Å². The summed E-state index contributed by atoms with van der Waals surface area (Å²) < 4.78 is 10.4. The van der Waals surface area contributed by atoms with Crippen LogP contribution in [0.5, 0.6) is 11.5 Å². The molecule has 0 radical (unpaired) electrons. The predicted molar refractivity (Wildman–Crippen MR) is 64.9 cm³/mol. The summed E-state index contributed by atoms with van der Waals surface area (Å²) in [5.74, 6) is 1.50. The first kappa shape index (κ1) is 12.3. The van der Waals surface area contributed by atoms with Crippen LogP contribution in [0.15, 0.2) is 18.2 Å². The standard InChI is InChI=1S/C11H16BrNO2/c1-13(2)11(12)8-5-6-9(14-3)10(7-8)15-4/h5-7,11H,1-4H3. The summed E-state index contributed by atoms with van der Waals surface area (Å²) in [5.41, 5.74) is 1.14. The molecule has 0 aromatic heterocycles. The van der Waals surface area contributed by atoms with Crippen molar-refractivity contribution in [1.29, 1.82) is 0 Å². The highest BCUT2D eigenvalue weighted by Gasteiger charge is 2.12. The van der Waals surface area contributed by atoms with Crippen LogP contribution < -0.4 is 9.47 Å². The molecule has 0 aliphatic rings. The van der Waals surface area contributed by atoms with Gasteiger partial charge in [0.25, 0.3) is 0 Å². The van der Waals surface area contributed by atoms with E-state index < -0.39 is 0 Å². The molecule has 0 N–H and O–H groups in total. The summed E-state index contributed by atoms with van der Waals surface area (Å²) in [6.07, 6.45) is 0. The molecule has 1 rings (SSSR count). The van der Waals surface area contributed by atoms with Gasteiger partial charge in [0.2, 0.25) is 0 Å². The first-order valence-electron chi connectivity index (χ1n) is 4.62. The van der Waals surface area contributed by atoms with E-state index in [0.717, 1.165) is 17.1 Å². The maximum atomic E-state index is 5.24. The van der Waals surface area contributed by atoms with Gasteiger partial charge in [0.1, 0.15) is 0 Å². The minimum Gasteiger partial charge on any atom is -0.493 e. The number of alkyl halides is 1. The number of ether oxygens (including phenoxy) is 2. The Hall–Kier alpha value is -0.740. The molecule has 0 amide bonds. The van der Waals surface area contributed by atoms with Crippen LogP contribution in [0, 0.1) is 0 Å². The molecule has 1 aromatic carbocycles. The molecule has 4 heteroatoms. The first-order chi connectivity index (χ1) is 7.10. The molecule has 0 saturated carbocycles. The molecule has 0 heterocycles. The zero-order chi connectivity index (χ0) is 11.4. The van der Waals surface area contributed by atoms with Crippen LogP contribution in [0.4, 0.5) is 0 Å². The Kier molecular flexibility index (Phi) is 4.42. The smallest absolute Gasteiger partial charge is 0.161 e. The number of rotatable bonds is 4. The van der Waals surface area contributed by atoms with Gasteiger partial charge in [0, 0.05) is 0 Å². The number of nitrogens with zero attached hydrogens (tertiary/aromatic N) is 1. The van der Waals surface area contributed by atoms with Gasteiger partial charge in [-0.2, -0.15) is 0 Å². The van der Waals surface area contributed by atoms with E-state index in [1.807, 2.05) is 32.3 Å².